The van der Waals surface area contributed by atoms with E-state index in [4.69, 9.17) is 23.3 Å². The number of aliphatic hydroxyl groups is 1. The molecule has 0 saturated heterocycles. The second-order valence-electron chi connectivity index (χ2n) is 20.2. The number of carbonyl (C=O) groups is 3. The minimum absolute atomic E-state index is 0.164. The van der Waals surface area contributed by atoms with Crippen LogP contribution in [0.25, 0.3) is 0 Å². The fourth-order valence-corrected chi connectivity index (χ4v) is 9.23. The average molecular weight is 1040 g/mol. The summed E-state index contributed by atoms with van der Waals surface area (Å²) in [6, 6.07) is 0. The molecule has 0 heterocycles. The number of phosphoric acid groups is 1. The molecule has 0 saturated carbocycles. The highest BCUT2D eigenvalue weighted by molar-refractivity contribution is 7.47. The third-order valence-electron chi connectivity index (χ3n) is 13.0. The first-order valence-electron chi connectivity index (χ1n) is 29.9. The molecular formula is C60H111O11P. The van der Waals surface area contributed by atoms with Crippen molar-refractivity contribution < 1.29 is 52.2 Å². The van der Waals surface area contributed by atoms with Crippen molar-refractivity contribution in [1.82, 2.24) is 0 Å². The van der Waals surface area contributed by atoms with Crippen molar-refractivity contribution >= 4 is 25.7 Å². The first-order valence-corrected chi connectivity index (χ1v) is 31.4. The molecule has 2 N–H and O–H groups in total. The van der Waals surface area contributed by atoms with Crippen molar-refractivity contribution in [3.05, 3.63) is 36.5 Å². The molecule has 72 heavy (non-hydrogen) atoms. The standard InChI is InChI=1S/C60H111O11P/c1-4-7-10-13-16-19-22-25-26-27-28-29-30-33-36-39-42-45-48-51-60(64)71-57(53-67-58(62)49-46-43-40-37-34-31-23-20-17-14-11-8-5-2)55-69-72(65,66)68-54-56(52-61)70-59(63)50-47-44-41-38-35-32-24-21-18-15-12-9-6-3/h16,19-20,23,25-26,56-57,61H,4-15,17-18,21-22,24,27-55H2,1-3H3,(H,65,66)/b19-16-,23-20-,26-25-. The fraction of sp³-hybridized carbons (Fsp3) is 0.850. The maximum absolute atomic E-state index is 12.9. The summed E-state index contributed by atoms with van der Waals surface area (Å²) in [4.78, 5) is 48.5. The second-order valence-corrected chi connectivity index (χ2v) is 21.6. The smallest absolute Gasteiger partial charge is 0.462 e. The van der Waals surface area contributed by atoms with Gasteiger partial charge in [0.05, 0.1) is 19.8 Å². The second kappa shape index (κ2) is 54.9. The highest BCUT2D eigenvalue weighted by atomic mass is 31.2. The van der Waals surface area contributed by atoms with Crippen LogP contribution in [0.3, 0.4) is 0 Å². The molecule has 3 unspecified atom stereocenters. The molecule has 422 valence electrons. The van der Waals surface area contributed by atoms with Crippen molar-refractivity contribution in [2.75, 3.05) is 26.4 Å². The Labute approximate surface area is 441 Å². The van der Waals surface area contributed by atoms with E-state index in [1.54, 1.807) is 0 Å². The molecule has 0 aliphatic rings. The summed E-state index contributed by atoms with van der Waals surface area (Å²) in [5.41, 5.74) is 0. The lowest BCUT2D eigenvalue weighted by Gasteiger charge is -2.21. The zero-order valence-corrected chi connectivity index (χ0v) is 47.6. The van der Waals surface area contributed by atoms with Gasteiger partial charge in [0.15, 0.2) is 6.10 Å². The number of phosphoric ester groups is 1. The van der Waals surface area contributed by atoms with Crippen LogP contribution < -0.4 is 0 Å². The van der Waals surface area contributed by atoms with Gasteiger partial charge in [0.25, 0.3) is 0 Å². The Morgan fingerprint density at radius 3 is 1.08 bits per heavy atom. The molecule has 11 nitrogen and oxygen atoms in total. The molecule has 0 amide bonds. The lowest BCUT2D eigenvalue weighted by Crippen LogP contribution is -2.30. The van der Waals surface area contributed by atoms with Gasteiger partial charge in [0, 0.05) is 19.3 Å². The van der Waals surface area contributed by atoms with Crippen molar-refractivity contribution in [1.29, 1.82) is 0 Å². The summed E-state index contributed by atoms with van der Waals surface area (Å²) in [6.07, 6.45) is 56.7. The maximum Gasteiger partial charge on any atom is 0.472 e. The van der Waals surface area contributed by atoms with E-state index >= 15 is 0 Å². The Bertz CT molecular complexity index is 1350. The molecule has 0 aromatic heterocycles. The summed E-state index contributed by atoms with van der Waals surface area (Å²) in [6.45, 7) is 4.63. The minimum Gasteiger partial charge on any atom is -0.462 e. The molecule has 0 aromatic rings. The Balaban J connectivity index is 4.69. The summed E-state index contributed by atoms with van der Waals surface area (Å²) < 4.78 is 39.5. The molecule has 0 radical (unpaired) electrons. The molecule has 0 bridgehead atoms. The van der Waals surface area contributed by atoms with Crippen molar-refractivity contribution in [2.45, 2.75) is 303 Å². The van der Waals surface area contributed by atoms with Crippen LogP contribution in [0.5, 0.6) is 0 Å². The zero-order chi connectivity index (χ0) is 52.7. The van der Waals surface area contributed by atoms with E-state index in [9.17, 15) is 28.9 Å². The van der Waals surface area contributed by atoms with E-state index in [1.807, 2.05) is 0 Å². The minimum atomic E-state index is -4.74. The van der Waals surface area contributed by atoms with Gasteiger partial charge in [-0.3, -0.25) is 23.4 Å². The van der Waals surface area contributed by atoms with Gasteiger partial charge in [-0.1, -0.05) is 231 Å². The quantitative estimate of drug-likeness (QED) is 0.0197. The Morgan fingerprint density at radius 1 is 0.389 bits per heavy atom. The van der Waals surface area contributed by atoms with Crippen molar-refractivity contribution in [3.63, 3.8) is 0 Å². The predicted molar refractivity (Wildman–Crippen MR) is 298 cm³/mol. The van der Waals surface area contributed by atoms with Crippen LogP contribution in [0.4, 0.5) is 0 Å². The zero-order valence-electron chi connectivity index (χ0n) is 46.7. The van der Waals surface area contributed by atoms with Crippen LogP contribution >= 0.6 is 7.82 Å². The monoisotopic (exact) mass is 1040 g/mol. The van der Waals surface area contributed by atoms with E-state index in [1.165, 1.54) is 141 Å². The number of aliphatic hydroxyl groups excluding tert-OH is 1. The van der Waals surface area contributed by atoms with Gasteiger partial charge >= 0.3 is 25.7 Å². The molecule has 0 fully saturated rings. The summed E-state index contributed by atoms with van der Waals surface area (Å²) in [7, 11) is -4.74. The fourth-order valence-electron chi connectivity index (χ4n) is 8.44. The van der Waals surface area contributed by atoms with Crippen LogP contribution in [-0.4, -0.2) is 66.5 Å². The van der Waals surface area contributed by atoms with E-state index < -0.39 is 57.8 Å². The largest absolute Gasteiger partial charge is 0.472 e. The number of allylic oxidation sites excluding steroid dienone is 6. The van der Waals surface area contributed by atoms with Gasteiger partial charge in [0.1, 0.15) is 12.7 Å². The number of ether oxygens (including phenoxy) is 3. The first kappa shape index (κ1) is 69.7. The van der Waals surface area contributed by atoms with Crippen molar-refractivity contribution in [3.8, 4) is 0 Å². The maximum atomic E-state index is 12.9. The molecule has 0 rings (SSSR count). The molecule has 12 heteroatoms. The van der Waals surface area contributed by atoms with Gasteiger partial charge in [-0.25, -0.2) is 4.57 Å². The van der Waals surface area contributed by atoms with E-state index in [-0.39, 0.29) is 25.9 Å². The van der Waals surface area contributed by atoms with Crippen LogP contribution in [0.15, 0.2) is 36.5 Å². The third-order valence-corrected chi connectivity index (χ3v) is 14.0. The number of esters is 3. The SMILES string of the molecule is CCCCC/C=C\C/C=C\CCCCCCCCCCCC(=O)OC(COC(=O)CCCCCCC/C=C\CCCCCC)COP(=O)(O)OCC(CO)OC(=O)CCCCCCCCCCCCCCC. The lowest BCUT2D eigenvalue weighted by atomic mass is 10.0. The normalized spacial score (nSPS) is 13.6. The number of rotatable bonds is 56. The molecular weight excluding hydrogens is 928 g/mol. The van der Waals surface area contributed by atoms with Crippen LogP contribution in [0.1, 0.15) is 290 Å². The topological polar surface area (TPSA) is 155 Å². The number of unbranched alkanes of at least 4 members (excludes halogenated alkanes) is 33. The Hall–Kier alpha value is -2.30. The van der Waals surface area contributed by atoms with Crippen LogP contribution in [0.2, 0.25) is 0 Å². The molecule has 0 spiro atoms. The predicted octanol–water partition coefficient (Wildman–Crippen LogP) is 17.6. The molecule has 0 aliphatic carbocycles. The van der Waals surface area contributed by atoms with Crippen LogP contribution in [-0.2, 0) is 42.2 Å². The van der Waals surface area contributed by atoms with Gasteiger partial charge in [-0.2, -0.15) is 0 Å². The molecule has 3 atom stereocenters. The van der Waals surface area contributed by atoms with Gasteiger partial charge in [0.2, 0.25) is 0 Å². The third kappa shape index (κ3) is 52.6. The van der Waals surface area contributed by atoms with Crippen LogP contribution in [0, 0.1) is 0 Å². The highest BCUT2D eigenvalue weighted by Crippen LogP contribution is 2.43. The number of hydrogen-bond donors (Lipinski definition) is 2. The van der Waals surface area contributed by atoms with E-state index in [2.05, 4.69) is 57.2 Å². The van der Waals surface area contributed by atoms with Gasteiger partial charge < -0.3 is 24.2 Å². The summed E-state index contributed by atoms with van der Waals surface area (Å²) >= 11 is 0. The highest BCUT2D eigenvalue weighted by Gasteiger charge is 2.28. The molecule has 0 aliphatic heterocycles. The summed E-state index contributed by atoms with van der Waals surface area (Å²) in [5.74, 6) is -1.46. The van der Waals surface area contributed by atoms with Crippen molar-refractivity contribution in [2.24, 2.45) is 0 Å². The van der Waals surface area contributed by atoms with Gasteiger partial charge in [-0.05, 0) is 77.0 Å². The van der Waals surface area contributed by atoms with Gasteiger partial charge in [-0.15, -0.1) is 0 Å². The number of hydrogen-bond acceptors (Lipinski definition) is 10. The first-order chi connectivity index (χ1) is 35.2. The van der Waals surface area contributed by atoms with E-state index in [0.717, 1.165) is 89.9 Å². The number of carbonyl (C=O) groups excluding carboxylic acids is 3. The molecule has 0 aromatic carbocycles. The lowest BCUT2D eigenvalue weighted by molar-refractivity contribution is -0.161. The Morgan fingerprint density at radius 2 is 0.681 bits per heavy atom. The van der Waals surface area contributed by atoms with E-state index in [0.29, 0.717) is 19.3 Å². The summed E-state index contributed by atoms with van der Waals surface area (Å²) in [5, 5.41) is 9.81. The Kier molecular flexibility index (Phi) is 53.2. The average Bonchev–Trinajstić information content (AvgIpc) is 3.37.